The number of carbonyl (C=O) groups is 2. The molecule has 1 radical (unpaired) electrons. The molecule has 0 aromatic heterocycles. The second-order valence-electron chi connectivity index (χ2n) is 1.91. The molecular formula is C9H14NO4. The lowest BCUT2D eigenvalue weighted by Gasteiger charge is -1.99. The Kier molecular flexibility index (Phi) is 11.8. The maximum absolute atomic E-state index is 10.4. The van der Waals surface area contributed by atoms with Crippen molar-refractivity contribution < 1.29 is 19.4 Å². The molecule has 0 rings (SSSR count). The summed E-state index contributed by atoms with van der Waals surface area (Å²) in [5.74, 6) is -1.23. The number of hydrogen-bond acceptors (Lipinski definition) is 3. The monoisotopic (exact) mass is 200 g/mol. The molecule has 0 aliphatic heterocycles. The maximum atomic E-state index is 10.4. The molecule has 5 heteroatoms. The van der Waals surface area contributed by atoms with Crippen molar-refractivity contribution in [2.75, 3.05) is 13.2 Å². The van der Waals surface area contributed by atoms with Crippen molar-refractivity contribution in [3.05, 3.63) is 25.3 Å². The fraction of sp³-hybridized carbons (Fsp3) is 0.333. The first kappa shape index (κ1) is 14.7. The molecule has 0 heterocycles. The molecule has 0 spiro atoms. The third kappa shape index (κ3) is 16.7. The van der Waals surface area contributed by atoms with Gasteiger partial charge in [0.05, 0.1) is 6.61 Å². The van der Waals surface area contributed by atoms with E-state index in [2.05, 4.69) is 23.2 Å². The SMILES string of the molecule is C=CC([O])=O.C=CCNC(=O)OCC. The number of hydrogen-bond donors (Lipinski definition) is 1. The molecule has 1 N–H and O–H groups in total. The molecule has 0 saturated heterocycles. The Morgan fingerprint density at radius 3 is 2.21 bits per heavy atom. The Labute approximate surface area is 83.1 Å². The Morgan fingerprint density at radius 1 is 1.43 bits per heavy atom. The first-order valence-corrected chi connectivity index (χ1v) is 3.93. The Morgan fingerprint density at radius 2 is 1.93 bits per heavy atom. The lowest BCUT2D eigenvalue weighted by molar-refractivity contribution is -0.137. The van der Waals surface area contributed by atoms with E-state index in [1.165, 1.54) is 0 Å². The molecule has 0 saturated carbocycles. The minimum absolute atomic E-state index is 0.391. The fourth-order valence-corrected chi connectivity index (χ4v) is 0.338. The summed E-state index contributed by atoms with van der Waals surface area (Å²) in [7, 11) is 0. The number of amides is 1. The van der Waals surface area contributed by atoms with Crippen LogP contribution in [0.5, 0.6) is 0 Å². The van der Waals surface area contributed by atoms with E-state index in [9.17, 15) is 4.79 Å². The lowest BCUT2D eigenvalue weighted by Crippen LogP contribution is -2.23. The van der Waals surface area contributed by atoms with Gasteiger partial charge in [-0.25, -0.2) is 14.7 Å². The predicted octanol–water partition coefficient (Wildman–Crippen LogP) is 1.05. The topological polar surface area (TPSA) is 75.3 Å². The standard InChI is InChI=1S/C6H11NO2.C3H3O2/c1-3-5-7-6(8)9-4-2;1-2-3(4)5/h3H,1,4-5H2,2H3,(H,7,8);2H,1H2. The molecule has 0 aliphatic carbocycles. The highest BCUT2D eigenvalue weighted by Crippen LogP contribution is 1.74. The summed E-state index contributed by atoms with van der Waals surface area (Å²) >= 11 is 0. The van der Waals surface area contributed by atoms with Gasteiger partial charge in [0.2, 0.25) is 0 Å². The van der Waals surface area contributed by atoms with Crippen LogP contribution in [-0.2, 0) is 14.6 Å². The zero-order valence-corrected chi connectivity index (χ0v) is 8.12. The van der Waals surface area contributed by atoms with Crippen LogP contribution >= 0.6 is 0 Å². The van der Waals surface area contributed by atoms with Gasteiger partial charge in [-0.3, -0.25) is 0 Å². The van der Waals surface area contributed by atoms with E-state index >= 15 is 0 Å². The highest BCUT2D eigenvalue weighted by atomic mass is 16.5. The molecule has 0 aromatic rings. The number of ether oxygens (including phenoxy) is 1. The van der Waals surface area contributed by atoms with E-state index < -0.39 is 12.1 Å². The first-order valence-electron chi connectivity index (χ1n) is 3.93. The summed E-state index contributed by atoms with van der Waals surface area (Å²) < 4.78 is 4.55. The zero-order valence-electron chi connectivity index (χ0n) is 8.12. The highest BCUT2D eigenvalue weighted by Gasteiger charge is 1.93. The Hall–Kier alpha value is -1.78. The van der Waals surface area contributed by atoms with Crippen molar-refractivity contribution in [2.24, 2.45) is 0 Å². The smallest absolute Gasteiger partial charge is 0.407 e. The van der Waals surface area contributed by atoms with E-state index in [0.29, 0.717) is 13.2 Å². The van der Waals surface area contributed by atoms with Crippen molar-refractivity contribution in [2.45, 2.75) is 6.92 Å². The van der Waals surface area contributed by atoms with Gasteiger partial charge >= 0.3 is 12.1 Å². The van der Waals surface area contributed by atoms with Gasteiger partial charge in [-0.2, -0.15) is 0 Å². The Balaban J connectivity index is 0. The van der Waals surface area contributed by atoms with Crippen LogP contribution in [-0.4, -0.2) is 25.2 Å². The van der Waals surface area contributed by atoms with Crippen LogP contribution in [0, 0.1) is 0 Å². The normalized spacial score (nSPS) is 7.50. The lowest BCUT2D eigenvalue weighted by atomic mass is 10.6. The van der Waals surface area contributed by atoms with Crippen molar-refractivity contribution in [3.8, 4) is 0 Å². The molecule has 5 nitrogen and oxygen atoms in total. The molecule has 0 aromatic carbocycles. The van der Waals surface area contributed by atoms with Gasteiger partial charge in [0.15, 0.2) is 0 Å². The average molecular weight is 200 g/mol. The summed E-state index contributed by atoms with van der Waals surface area (Å²) in [6.07, 6.45) is 1.93. The van der Waals surface area contributed by atoms with Gasteiger partial charge < -0.3 is 10.1 Å². The highest BCUT2D eigenvalue weighted by molar-refractivity contribution is 5.78. The third-order valence-corrected chi connectivity index (χ3v) is 0.833. The van der Waals surface area contributed by atoms with Crippen LogP contribution in [0.3, 0.4) is 0 Å². The minimum atomic E-state index is -1.23. The van der Waals surface area contributed by atoms with Crippen molar-refractivity contribution >= 4 is 12.1 Å². The summed E-state index contributed by atoms with van der Waals surface area (Å²) in [6, 6.07) is 0. The van der Waals surface area contributed by atoms with Crippen LogP contribution in [0.4, 0.5) is 4.79 Å². The molecule has 79 valence electrons. The maximum Gasteiger partial charge on any atom is 0.407 e. The second kappa shape index (κ2) is 11.2. The van der Waals surface area contributed by atoms with Gasteiger partial charge in [-0.05, 0) is 6.92 Å². The molecule has 0 aliphatic rings. The minimum Gasteiger partial charge on any atom is -0.450 e. The molecule has 0 atom stereocenters. The van der Waals surface area contributed by atoms with Crippen molar-refractivity contribution in [3.63, 3.8) is 0 Å². The molecule has 0 unspecified atom stereocenters. The van der Waals surface area contributed by atoms with E-state index in [4.69, 9.17) is 9.90 Å². The first-order chi connectivity index (χ1) is 6.58. The molecule has 14 heavy (non-hydrogen) atoms. The van der Waals surface area contributed by atoms with Crippen LogP contribution < -0.4 is 5.32 Å². The van der Waals surface area contributed by atoms with Gasteiger partial charge in [-0.1, -0.05) is 12.7 Å². The van der Waals surface area contributed by atoms with Crippen LogP contribution in [0.25, 0.3) is 0 Å². The summed E-state index contributed by atoms with van der Waals surface area (Å²) in [5, 5.41) is 11.6. The zero-order chi connectivity index (χ0) is 11.4. The largest absolute Gasteiger partial charge is 0.450 e. The molecule has 0 bridgehead atoms. The van der Waals surface area contributed by atoms with Crippen LogP contribution in [0.1, 0.15) is 6.92 Å². The van der Waals surface area contributed by atoms with Crippen LogP contribution in [0.15, 0.2) is 25.3 Å². The van der Waals surface area contributed by atoms with E-state index in [1.807, 2.05) is 0 Å². The number of rotatable bonds is 4. The summed E-state index contributed by atoms with van der Waals surface area (Å²) in [6.45, 7) is 8.94. The second-order valence-corrected chi connectivity index (χ2v) is 1.91. The number of carbonyl (C=O) groups excluding carboxylic acids is 2. The van der Waals surface area contributed by atoms with E-state index in [1.54, 1.807) is 13.0 Å². The van der Waals surface area contributed by atoms with Crippen LogP contribution in [0.2, 0.25) is 0 Å². The fourth-order valence-electron chi connectivity index (χ4n) is 0.338. The summed E-state index contributed by atoms with van der Waals surface area (Å²) in [5.41, 5.74) is 0. The average Bonchev–Trinajstić information content (AvgIpc) is 2.16. The van der Waals surface area contributed by atoms with E-state index in [0.717, 1.165) is 6.08 Å². The van der Waals surface area contributed by atoms with Crippen molar-refractivity contribution in [1.29, 1.82) is 0 Å². The quantitative estimate of drug-likeness (QED) is 0.544. The van der Waals surface area contributed by atoms with Gasteiger partial charge in [-0.15, -0.1) is 6.58 Å². The third-order valence-electron chi connectivity index (χ3n) is 0.833. The van der Waals surface area contributed by atoms with E-state index in [-0.39, 0.29) is 0 Å². The van der Waals surface area contributed by atoms with Crippen molar-refractivity contribution in [1.82, 2.24) is 5.32 Å². The van der Waals surface area contributed by atoms with Gasteiger partial charge in [0.1, 0.15) is 0 Å². The predicted molar refractivity (Wildman–Crippen MR) is 51.1 cm³/mol. The van der Waals surface area contributed by atoms with Gasteiger partial charge in [0.25, 0.3) is 0 Å². The summed E-state index contributed by atoms with van der Waals surface area (Å²) in [4.78, 5) is 19.6. The molecule has 1 amide bonds. The number of alkyl carbamates (subject to hydrolysis) is 1. The molecule has 0 fully saturated rings. The van der Waals surface area contributed by atoms with Gasteiger partial charge in [0, 0.05) is 12.6 Å². The number of nitrogens with one attached hydrogen (secondary N) is 1. The Bertz CT molecular complexity index is 201. The molecular weight excluding hydrogens is 186 g/mol.